The van der Waals surface area contributed by atoms with Crippen molar-refractivity contribution in [2.24, 2.45) is 17.6 Å². The van der Waals surface area contributed by atoms with E-state index in [0.717, 1.165) is 25.2 Å². The van der Waals surface area contributed by atoms with Crippen LogP contribution in [0, 0.1) is 11.8 Å². The van der Waals surface area contributed by atoms with E-state index in [2.05, 4.69) is 19.2 Å². The molecular weight excluding hydrogens is 260 g/mol. The van der Waals surface area contributed by atoms with E-state index in [0.29, 0.717) is 16.4 Å². The van der Waals surface area contributed by atoms with Crippen LogP contribution in [-0.2, 0) is 0 Å². The van der Waals surface area contributed by atoms with Gasteiger partial charge in [0.05, 0.1) is 10.4 Å². The molecule has 1 saturated carbocycles. The van der Waals surface area contributed by atoms with Crippen molar-refractivity contribution in [3.8, 4) is 0 Å². The molecule has 1 aromatic heterocycles. The van der Waals surface area contributed by atoms with Crippen LogP contribution in [0.1, 0.15) is 53.1 Å². The highest BCUT2D eigenvalue weighted by Crippen LogP contribution is 2.29. The van der Waals surface area contributed by atoms with Crippen molar-refractivity contribution < 1.29 is 9.59 Å². The number of nitrogens with two attached hydrogens (primary N) is 1. The van der Waals surface area contributed by atoms with E-state index in [9.17, 15) is 9.59 Å². The van der Waals surface area contributed by atoms with E-state index in [1.165, 1.54) is 11.3 Å². The van der Waals surface area contributed by atoms with Gasteiger partial charge in [-0.25, -0.2) is 0 Å². The van der Waals surface area contributed by atoms with Crippen molar-refractivity contribution in [2.75, 3.05) is 0 Å². The van der Waals surface area contributed by atoms with Crippen molar-refractivity contribution in [1.82, 2.24) is 5.32 Å². The molecule has 0 spiro atoms. The lowest BCUT2D eigenvalue weighted by molar-refractivity contribution is 0.0903. The van der Waals surface area contributed by atoms with Crippen LogP contribution in [0.25, 0.3) is 0 Å². The minimum Gasteiger partial charge on any atom is -0.366 e. The van der Waals surface area contributed by atoms with Crippen molar-refractivity contribution in [3.05, 3.63) is 21.9 Å². The monoisotopic (exact) mass is 280 g/mol. The fourth-order valence-corrected chi connectivity index (χ4v) is 3.50. The maximum atomic E-state index is 12.1. The number of primary amides is 1. The second-order valence-corrected chi connectivity index (χ2v) is 6.45. The zero-order chi connectivity index (χ0) is 14.0. The summed E-state index contributed by atoms with van der Waals surface area (Å²) < 4.78 is 0. The summed E-state index contributed by atoms with van der Waals surface area (Å²) in [5, 5.41) is 4.71. The molecule has 0 aromatic carbocycles. The molecule has 1 aliphatic rings. The van der Waals surface area contributed by atoms with Crippen LogP contribution < -0.4 is 11.1 Å². The maximum Gasteiger partial charge on any atom is 0.261 e. The fourth-order valence-electron chi connectivity index (χ4n) is 2.70. The highest BCUT2D eigenvalue weighted by atomic mass is 32.1. The average molecular weight is 280 g/mol. The quantitative estimate of drug-likeness (QED) is 0.892. The molecule has 3 atom stereocenters. The second kappa shape index (κ2) is 5.74. The number of rotatable bonds is 3. The average Bonchev–Trinajstić information content (AvgIpc) is 2.82. The van der Waals surface area contributed by atoms with Crippen molar-refractivity contribution >= 4 is 23.2 Å². The summed E-state index contributed by atoms with van der Waals surface area (Å²) in [5.41, 5.74) is 5.59. The topological polar surface area (TPSA) is 72.2 Å². The first kappa shape index (κ1) is 14.1. The summed E-state index contributed by atoms with van der Waals surface area (Å²) in [6.07, 6.45) is 3.34. The molecule has 0 radical (unpaired) electrons. The van der Waals surface area contributed by atoms with Gasteiger partial charge in [0.15, 0.2) is 0 Å². The van der Waals surface area contributed by atoms with Gasteiger partial charge in [-0.3, -0.25) is 9.59 Å². The third kappa shape index (κ3) is 3.35. The zero-order valence-electron chi connectivity index (χ0n) is 11.3. The number of carbonyl (C=O) groups excluding carboxylic acids is 2. The molecule has 2 rings (SSSR count). The van der Waals surface area contributed by atoms with Gasteiger partial charge < -0.3 is 11.1 Å². The van der Waals surface area contributed by atoms with E-state index in [4.69, 9.17) is 5.73 Å². The van der Waals surface area contributed by atoms with Crippen LogP contribution in [0.2, 0.25) is 0 Å². The summed E-state index contributed by atoms with van der Waals surface area (Å²) >= 11 is 1.26. The minimum atomic E-state index is -0.491. The molecule has 0 bridgehead atoms. The van der Waals surface area contributed by atoms with Crippen LogP contribution in [0.4, 0.5) is 0 Å². The molecule has 0 aliphatic heterocycles. The van der Waals surface area contributed by atoms with E-state index >= 15 is 0 Å². The van der Waals surface area contributed by atoms with E-state index < -0.39 is 5.91 Å². The predicted octanol–water partition coefficient (Wildman–Crippen LogP) is 2.40. The van der Waals surface area contributed by atoms with Crippen molar-refractivity contribution in [3.63, 3.8) is 0 Å². The minimum absolute atomic E-state index is 0.0936. The Hall–Kier alpha value is -1.36. The number of hydrogen-bond acceptors (Lipinski definition) is 3. The Balaban J connectivity index is 1.98. The Morgan fingerprint density at radius 3 is 2.68 bits per heavy atom. The Morgan fingerprint density at radius 2 is 2.11 bits per heavy atom. The summed E-state index contributed by atoms with van der Waals surface area (Å²) in [6.45, 7) is 4.44. The molecule has 1 aliphatic carbocycles. The van der Waals surface area contributed by atoms with Gasteiger partial charge in [0, 0.05) is 11.4 Å². The van der Waals surface area contributed by atoms with Crippen LogP contribution in [0.5, 0.6) is 0 Å². The standard InChI is InChI=1S/C14H20N2O2S/c1-8-3-4-11(9(2)5-8)16-14(18)12-6-10(7-19-12)13(15)17/h6-9,11H,3-5H2,1-2H3,(H2,15,17)(H,16,18)/t8-,9-,11+/m1/s1. The maximum absolute atomic E-state index is 12.1. The number of hydrogen-bond donors (Lipinski definition) is 2. The molecule has 0 saturated heterocycles. The van der Waals surface area contributed by atoms with Gasteiger partial charge in [0.2, 0.25) is 5.91 Å². The van der Waals surface area contributed by atoms with Crippen molar-refractivity contribution in [2.45, 2.75) is 39.2 Å². The molecule has 4 nitrogen and oxygen atoms in total. The molecule has 19 heavy (non-hydrogen) atoms. The molecule has 1 aromatic rings. The molecule has 1 fully saturated rings. The lowest BCUT2D eigenvalue weighted by Crippen LogP contribution is -2.42. The summed E-state index contributed by atoms with van der Waals surface area (Å²) in [6, 6.07) is 1.81. The van der Waals surface area contributed by atoms with Gasteiger partial charge in [-0.1, -0.05) is 13.8 Å². The van der Waals surface area contributed by atoms with Crippen molar-refractivity contribution in [1.29, 1.82) is 0 Å². The van der Waals surface area contributed by atoms with Crippen LogP contribution in [0.15, 0.2) is 11.4 Å². The van der Waals surface area contributed by atoms with Gasteiger partial charge >= 0.3 is 0 Å². The normalized spacial score (nSPS) is 26.9. The van der Waals surface area contributed by atoms with Gasteiger partial charge in [0.25, 0.3) is 5.91 Å². The van der Waals surface area contributed by atoms with Gasteiger partial charge in [-0.2, -0.15) is 0 Å². The number of carbonyl (C=O) groups is 2. The van der Waals surface area contributed by atoms with Crippen LogP contribution in [-0.4, -0.2) is 17.9 Å². The molecular formula is C14H20N2O2S. The van der Waals surface area contributed by atoms with Crippen LogP contribution >= 0.6 is 11.3 Å². The largest absolute Gasteiger partial charge is 0.366 e. The molecule has 104 valence electrons. The van der Waals surface area contributed by atoms with E-state index in [1.54, 1.807) is 11.4 Å². The third-order valence-electron chi connectivity index (χ3n) is 3.86. The highest BCUT2D eigenvalue weighted by molar-refractivity contribution is 7.12. The molecule has 3 N–H and O–H groups in total. The SMILES string of the molecule is C[C@@H]1CC[C@H](NC(=O)c2cc(C(N)=O)cs2)[C@H](C)C1. The van der Waals surface area contributed by atoms with Gasteiger partial charge in [-0.15, -0.1) is 11.3 Å². The fraction of sp³-hybridized carbons (Fsp3) is 0.571. The summed E-state index contributed by atoms with van der Waals surface area (Å²) in [7, 11) is 0. The van der Waals surface area contributed by atoms with Crippen LogP contribution in [0.3, 0.4) is 0 Å². The second-order valence-electron chi connectivity index (χ2n) is 5.54. The first-order chi connectivity index (χ1) is 8.97. The zero-order valence-corrected chi connectivity index (χ0v) is 12.1. The van der Waals surface area contributed by atoms with E-state index in [-0.39, 0.29) is 11.9 Å². The molecule has 5 heteroatoms. The summed E-state index contributed by atoms with van der Waals surface area (Å²) in [5.74, 6) is 0.661. The lowest BCUT2D eigenvalue weighted by Gasteiger charge is -2.33. The first-order valence-corrected chi connectivity index (χ1v) is 7.54. The van der Waals surface area contributed by atoms with E-state index in [1.807, 2.05) is 0 Å². The predicted molar refractivity (Wildman–Crippen MR) is 76.3 cm³/mol. The molecule has 2 amide bonds. The molecule has 0 unspecified atom stereocenters. The Labute approximate surface area is 117 Å². The smallest absolute Gasteiger partial charge is 0.261 e. The number of thiophene rings is 1. The molecule has 1 heterocycles. The Kier molecular flexibility index (Phi) is 4.24. The number of amides is 2. The Bertz CT molecular complexity index is 484. The first-order valence-electron chi connectivity index (χ1n) is 6.66. The number of nitrogens with one attached hydrogen (secondary N) is 1. The highest BCUT2D eigenvalue weighted by Gasteiger charge is 2.27. The third-order valence-corrected chi connectivity index (χ3v) is 4.78. The van der Waals surface area contributed by atoms with Gasteiger partial charge in [-0.05, 0) is 37.2 Å². The summed E-state index contributed by atoms with van der Waals surface area (Å²) in [4.78, 5) is 23.7. The Morgan fingerprint density at radius 1 is 1.37 bits per heavy atom. The lowest BCUT2D eigenvalue weighted by atomic mass is 9.80. The van der Waals surface area contributed by atoms with Gasteiger partial charge in [0.1, 0.15) is 0 Å².